The number of nitrogens with one attached hydrogen (secondary N) is 3. The first kappa shape index (κ1) is 76.2. The molecule has 26 nitrogen and oxygen atoms in total. The molecule has 12 atom stereocenters. The number of nitrogens with zero attached hydrogens (tertiary/aromatic N) is 4. The number of cyclic esters (lactones) is 1. The van der Waals surface area contributed by atoms with E-state index in [0.29, 0.717) is 75.8 Å². The maximum absolute atomic E-state index is 14.0. The third-order valence-electron chi connectivity index (χ3n) is 17.2. The molecule has 1 aromatic rings. The minimum absolute atomic E-state index is 0.00243. The molecule has 8 N–H and O–H groups in total. The van der Waals surface area contributed by atoms with Gasteiger partial charge < -0.3 is 70.5 Å². The zero-order valence-electron chi connectivity index (χ0n) is 55.7. The van der Waals surface area contributed by atoms with Crippen LogP contribution in [0.4, 0.5) is 15.3 Å². The maximum atomic E-state index is 14.0. The number of aliphatic hydroxyl groups is 3. The summed E-state index contributed by atoms with van der Waals surface area (Å²) in [5.74, 6) is -4.82. The van der Waals surface area contributed by atoms with E-state index in [2.05, 4.69) is 20.9 Å². The Kier molecular flexibility index (Phi) is 29.7. The molecule has 0 saturated carbocycles. The van der Waals surface area contributed by atoms with Gasteiger partial charge >= 0.3 is 24.1 Å². The largest absolute Gasteiger partial charge is 0.457 e. The van der Waals surface area contributed by atoms with Crippen molar-refractivity contribution < 1.29 is 86.9 Å². The van der Waals surface area contributed by atoms with Gasteiger partial charge in [-0.1, -0.05) is 71.8 Å². The molecule has 8 amide bonds. The topological polar surface area (TPSA) is 356 Å². The number of piperazine rings is 1. The number of hydrogen-bond donors (Lipinski definition) is 7. The van der Waals surface area contributed by atoms with E-state index in [1.807, 2.05) is 20.8 Å². The number of benzene rings is 1. The Morgan fingerprint density at radius 3 is 2.20 bits per heavy atom. The quantitative estimate of drug-likeness (QED) is 0.00964. The van der Waals surface area contributed by atoms with E-state index in [-0.39, 0.29) is 112 Å². The van der Waals surface area contributed by atoms with Gasteiger partial charge in [0.15, 0.2) is 6.10 Å². The third-order valence-corrected chi connectivity index (χ3v) is 17.2. The molecular weight excluding hydrogens is 1200 g/mol. The van der Waals surface area contributed by atoms with E-state index in [0.717, 1.165) is 4.90 Å². The van der Waals surface area contributed by atoms with Crippen molar-refractivity contribution in [3.05, 3.63) is 72.4 Å². The Hall–Kier alpha value is -7.52. The molecule has 93 heavy (non-hydrogen) atoms. The highest BCUT2D eigenvalue weighted by molar-refractivity contribution is 6.12. The van der Waals surface area contributed by atoms with Crippen LogP contribution in [0, 0.1) is 17.8 Å². The molecule has 0 aromatic heterocycles. The number of unbranched alkanes of at least 4 members (excludes halogenated alkanes) is 3. The first-order valence-electron chi connectivity index (χ1n) is 32.5. The molecule has 0 unspecified atom stereocenters. The lowest BCUT2D eigenvalue weighted by molar-refractivity contribution is -0.168. The van der Waals surface area contributed by atoms with Crippen molar-refractivity contribution in [2.75, 3.05) is 58.2 Å². The summed E-state index contributed by atoms with van der Waals surface area (Å²) >= 11 is 0. The van der Waals surface area contributed by atoms with Gasteiger partial charge in [-0.2, -0.15) is 0 Å². The molecule has 26 heteroatoms. The summed E-state index contributed by atoms with van der Waals surface area (Å²) in [6.45, 7) is 17.8. The number of ether oxygens (including phenoxy) is 5. The normalized spacial score (nSPS) is 24.5. The summed E-state index contributed by atoms with van der Waals surface area (Å²) < 4.78 is 29.4. The van der Waals surface area contributed by atoms with Crippen LogP contribution in [0.2, 0.25) is 0 Å². The van der Waals surface area contributed by atoms with E-state index in [9.17, 15) is 63.3 Å². The molecule has 0 bridgehead atoms. The van der Waals surface area contributed by atoms with Crippen LogP contribution in [0.5, 0.6) is 5.75 Å². The molecule has 0 radical (unpaired) electrons. The van der Waals surface area contributed by atoms with Crippen LogP contribution in [-0.4, -0.2) is 207 Å². The second kappa shape index (κ2) is 36.2. The number of hydrogen-bond acceptors (Lipinski definition) is 19. The van der Waals surface area contributed by atoms with Crippen molar-refractivity contribution in [2.24, 2.45) is 23.5 Å². The molecule has 4 aliphatic rings. The van der Waals surface area contributed by atoms with Crippen LogP contribution in [-0.2, 0) is 57.3 Å². The Morgan fingerprint density at radius 2 is 1.57 bits per heavy atom. The monoisotopic (exact) mass is 1300 g/mol. The number of allylic oxidation sites excluding steroid dienone is 2. The molecule has 2 fully saturated rings. The smallest absolute Gasteiger partial charge is 0.415 e. The number of aliphatic hydroxyl groups excluding tert-OH is 2. The van der Waals surface area contributed by atoms with Crippen molar-refractivity contribution in [1.82, 2.24) is 30.2 Å². The highest BCUT2D eigenvalue weighted by atomic mass is 16.6. The van der Waals surface area contributed by atoms with Crippen LogP contribution >= 0.6 is 0 Å². The second-order valence-electron chi connectivity index (χ2n) is 25.7. The predicted molar refractivity (Wildman–Crippen MR) is 343 cm³/mol. The Balaban J connectivity index is 1.12. The number of epoxide rings is 1. The molecule has 0 aliphatic carbocycles. The van der Waals surface area contributed by atoms with Crippen molar-refractivity contribution >= 4 is 65.3 Å². The number of amides is 8. The Bertz CT molecular complexity index is 2850. The molecular formula is C67H100N8O18. The zero-order chi connectivity index (χ0) is 68.7. The molecule has 516 valence electrons. The number of nitrogens with two attached hydrogens (primary N) is 1. The molecule has 4 heterocycles. The van der Waals surface area contributed by atoms with Crippen molar-refractivity contribution in [1.29, 1.82) is 0 Å². The summed E-state index contributed by atoms with van der Waals surface area (Å²) in [4.78, 5) is 135. The molecule has 2 saturated heterocycles. The first-order valence-corrected chi connectivity index (χ1v) is 32.5. The summed E-state index contributed by atoms with van der Waals surface area (Å²) in [6.07, 6.45) is 8.67. The van der Waals surface area contributed by atoms with Crippen molar-refractivity contribution in [2.45, 2.75) is 206 Å². The Labute approximate surface area is 546 Å². The van der Waals surface area contributed by atoms with Gasteiger partial charge in [0.2, 0.25) is 23.6 Å². The molecule has 4 aliphatic heterocycles. The lowest BCUT2D eigenvalue weighted by Gasteiger charge is -2.39. The number of carbonyl (C=O) groups is 10. The van der Waals surface area contributed by atoms with E-state index < -0.39 is 95.5 Å². The predicted octanol–water partition coefficient (Wildman–Crippen LogP) is 5.12. The number of likely N-dealkylation sites (N-methyl/N-ethyl adjacent to an activating group) is 1. The summed E-state index contributed by atoms with van der Waals surface area (Å²) in [5, 5.41) is 40.9. The van der Waals surface area contributed by atoms with Gasteiger partial charge in [-0.25, -0.2) is 9.59 Å². The van der Waals surface area contributed by atoms with E-state index in [4.69, 9.17) is 29.4 Å². The molecule has 5 rings (SSSR count). The minimum atomic E-state index is -1.46. The lowest BCUT2D eigenvalue weighted by Crippen LogP contribution is -2.54. The number of primary amides is 1. The van der Waals surface area contributed by atoms with Crippen molar-refractivity contribution in [3.8, 4) is 5.75 Å². The van der Waals surface area contributed by atoms with Gasteiger partial charge in [0.05, 0.1) is 36.4 Å². The molecule has 1 aromatic carbocycles. The first-order chi connectivity index (χ1) is 43.9. The third kappa shape index (κ3) is 25.0. The fourth-order valence-corrected chi connectivity index (χ4v) is 11.3. The number of imide groups is 1. The van der Waals surface area contributed by atoms with Crippen LogP contribution in [0.15, 0.2) is 72.4 Å². The summed E-state index contributed by atoms with van der Waals surface area (Å²) in [7, 11) is 1.58. The van der Waals surface area contributed by atoms with Gasteiger partial charge in [-0.15, -0.1) is 0 Å². The fraction of sp³-hybridized carbons (Fsp3) is 0.642. The maximum Gasteiger partial charge on any atom is 0.415 e. The van der Waals surface area contributed by atoms with Crippen LogP contribution in [0.3, 0.4) is 0 Å². The van der Waals surface area contributed by atoms with Crippen LogP contribution in [0.25, 0.3) is 0 Å². The minimum Gasteiger partial charge on any atom is -0.457 e. The average molecular weight is 1310 g/mol. The number of esters is 2. The lowest BCUT2D eigenvalue weighted by atomic mass is 9.88. The molecule has 0 spiro atoms. The van der Waals surface area contributed by atoms with Crippen LogP contribution in [0.1, 0.15) is 146 Å². The average Bonchev–Trinajstić information content (AvgIpc) is 1.73. The van der Waals surface area contributed by atoms with E-state index >= 15 is 0 Å². The van der Waals surface area contributed by atoms with Gasteiger partial charge in [-0.3, -0.25) is 48.2 Å². The highest BCUT2D eigenvalue weighted by Gasteiger charge is 2.47. The number of carbonyl (C=O) groups excluding carboxylic acids is 10. The summed E-state index contributed by atoms with van der Waals surface area (Å²) in [6, 6.07) is 3.99. The second-order valence-corrected chi connectivity index (χ2v) is 25.7. The van der Waals surface area contributed by atoms with E-state index in [1.54, 1.807) is 72.0 Å². The fourth-order valence-electron chi connectivity index (χ4n) is 11.3. The van der Waals surface area contributed by atoms with Crippen LogP contribution < -0.4 is 26.4 Å². The van der Waals surface area contributed by atoms with Gasteiger partial charge in [0, 0.05) is 109 Å². The van der Waals surface area contributed by atoms with Crippen molar-refractivity contribution in [3.63, 3.8) is 0 Å². The van der Waals surface area contributed by atoms with Gasteiger partial charge in [-0.05, 0) is 108 Å². The SMILES string of the molecule is CC[C@H](O)[C@@H](C)[C@H]1O[C@@H]1C[C@@](C)(O)/C=C/C=C(\C)[C@H]1OC(=O)C[C@H](O)CC[C@@](C)(OC(C)=O)[C@@H](OC(=O)N2CCN(CCN(C)C(=O)Oc3ccc(NC(=O)[C@H](CCCCC(N)=O)NC(=O)[C@@H](NC(=O)CCCCCN4C(=O)C=CC4=O)C(C)C)cc3)CC2)/C=C/[C@@H]1C. The van der Waals surface area contributed by atoms with Gasteiger partial charge in [0.25, 0.3) is 11.8 Å². The van der Waals surface area contributed by atoms with Gasteiger partial charge in [0.1, 0.15) is 29.5 Å². The van der Waals surface area contributed by atoms with E-state index in [1.165, 1.54) is 53.1 Å². The Morgan fingerprint density at radius 1 is 0.903 bits per heavy atom. The summed E-state index contributed by atoms with van der Waals surface area (Å²) in [5.41, 5.74) is 3.58. The number of anilines is 1. The highest BCUT2D eigenvalue weighted by Crippen LogP contribution is 2.38. The standard InChI is InChI=1S/C67H100N8O18/c1-11-51(78)45(6)61-52(90-61)41-66(8,88)31-17-18-43(4)60-44(5)22-27-53(67(9,93-46(7)76)32-30-48(77)40-58(83)92-60)91-65(87)74-38-36-73(37-39-74)35-34-72(10)64(86)89-49-25-23-47(24-26-49)69-62(84)50(19-14-15-20-54(68)79)70-63(85)59(42(2)3)71-55(80)21-13-12-16-33-75-56(81)28-29-57(75)82/h17-18,22-29,31,42,44-45,48,50-53,59-61,77-78,88H,11-16,19-21,30,32-41H2,1-10H3,(H2,68,79)(H,69,84)(H,70,85)(H,71,80)/b27-22+,31-17+,43-18+/t44-,45+,48+,50-,51-,52+,53-,59-,60+,61+,66-,67+/m0/s1. The zero-order valence-corrected chi connectivity index (χ0v) is 55.7. The number of rotatable bonds is 31.